The summed E-state index contributed by atoms with van der Waals surface area (Å²) in [7, 11) is 1.93. The van der Waals surface area contributed by atoms with Crippen molar-refractivity contribution in [3.8, 4) is 5.69 Å². The van der Waals surface area contributed by atoms with Crippen LogP contribution < -0.4 is 5.32 Å². The van der Waals surface area contributed by atoms with Crippen molar-refractivity contribution >= 4 is 5.95 Å². The van der Waals surface area contributed by atoms with Crippen LogP contribution in [0.4, 0.5) is 5.95 Å². The van der Waals surface area contributed by atoms with Gasteiger partial charge >= 0.3 is 0 Å². The first-order chi connectivity index (χ1) is 9.61. The summed E-state index contributed by atoms with van der Waals surface area (Å²) in [6.45, 7) is 8.39. The summed E-state index contributed by atoms with van der Waals surface area (Å²) in [4.78, 5) is 4.53. The van der Waals surface area contributed by atoms with Gasteiger partial charge in [-0.25, -0.2) is 4.98 Å². The summed E-state index contributed by atoms with van der Waals surface area (Å²) in [5, 5.41) is 7.74. The highest BCUT2D eigenvalue weighted by Gasteiger charge is 2.11. The molecule has 0 amide bonds. The standard InChI is InChI=1S/C14H23N5O/c1-5-20-8-6-7-15-14-16-11(2)9-19(14)13-10-18(4)17-12(13)3/h9-10H,5-8H2,1-4H3,(H,15,16). The lowest BCUT2D eigenvalue weighted by molar-refractivity contribution is 0.147. The van der Waals surface area contributed by atoms with E-state index in [-0.39, 0.29) is 0 Å². The minimum atomic E-state index is 0.766. The summed E-state index contributed by atoms with van der Waals surface area (Å²) in [5.41, 5.74) is 3.03. The van der Waals surface area contributed by atoms with E-state index in [1.54, 1.807) is 0 Å². The average Bonchev–Trinajstić information content (AvgIpc) is 2.91. The SMILES string of the molecule is CCOCCCNc1nc(C)cn1-c1cn(C)nc1C. The number of anilines is 1. The van der Waals surface area contributed by atoms with Crippen molar-refractivity contribution in [2.75, 3.05) is 25.1 Å². The van der Waals surface area contributed by atoms with Crippen LogP contribution in [0.15, 0.2) is 12.4 Å². The first-order valence-corrected chi connectivity index (χ1v) is 7.00. The van der Waals surface area contributed by atoms with Gasteiger partial charge in [0.1, 0.15) is 0 Å². The van der Waals surface area contributed by atoms with Crippen molar-refractivity contribution in [3.05, 3.63) is 23.8 Å². The molecule has 0 atom stereocenters. The van der Waals surface area contributed by atoms with Crippen molar-refractivity contribution in [2.24, 2.45) is 7.05 Å². The number of nitrogens with one attached hydrogen (secondary N) is 1. The van der Waals surface area contributed by atoms with Gasteiger partial charge in [0.2, 0.25) is 5.95 Å². The van der Waals surface area contributed by atoms with Crippen molar-refractivity contribution < 1.29 is 4.74 Å². The lowest BCUT2D eigenvalue weighted by Gasteiger charge is -2.08. The molecule has 0 saturated heterocycles. The highest BCUT2D eigenvalue weighted by molar-refractivity contribution is 5.44. The molecule has 1 N–H and O–H groups in total. The van der Waals surface area contributed by atoms with Gasteiger partial charge in [0.25, 0.3) is 0 Å². The quantitative estimate of drug-likeness (QED) is 0.787. The Morgan fingerprint density at radius 2 is 2.10 bits per heavy atom. The van der Waals surface area contributed by atoms with Gasteiger partial charge in [0.05, 0.1) is 17.1 Å². The zero-order chi connectivity index (χ0) is 14.5. The fourth-order valence-corrected chi connectivity index (χ4v) is 2.15. The van der Waals surface area contributed by atoms with Gasteiger partial charge in [-0.1, -0.05) is 0 Å². The van der Waals surface area contributed by atoms with Gasteiger partial charge in [-0.2, -0.15) is 5.10 Å². The lowest BCUT2D eigenvalue weighted by atomic mass is 10.4. The zero-order valence-electron chi connectivity index (χ0n) is 12.7. The first kappa shape index (κ1) is 14.6. The number of hydrogen-bond donors (Lipinski definition) is 1. The fourth-order valence-electron chi connectivity index (χ4n) is 2.15. The Morgan fingerprint density at radius 3 is 2.75 bits per heavy atom. The van der Waals surface area contributed by atoms with Crippen molar-refractivity contribution in [2.45, 2.75) is 27.2 Å². The molecule has 0 unspecified atom stereocenters. The van der Waals surface area contributed by atoms with Gasteiger partial charge in [-0.15, -0.1) is 0 Å². The molecule has 6 nitrogen and oxygen atoms in total. The Bertz CT molecular complexity index is 558. The largest absolute Gasteiger partial charge is 0.382 e. The van der Waals surface area contributed by atoms with Gasteiger partial charge in [0, 0.05) is 39.2 Å². The third-order valence-electron chi connectivity index (χ3n) is 3.03. The molecule has 0 aliphatic carbocycles. The van der Waals surface area contributed by atoms with E-state index >= 15 is 0 Å². The van der Waals surface area contributed by atoms with Crippen LogP contribution in [0.25, 0.3) is 5.69 Å². The minimum Gasteiger partial charge on any atom is -0.382 e. The predicted molar refractivity (Wildman–Crippen MR) is 79.4 cm³/mol. The summed E-state index contributed by atoms with van der Waals surface area (Å²) >= 11 is 0. The van der Waals surface area contributed by atoms with Crippen LogP contribution in [0.3, 0.4) is 0 Å². The summed E-state index contributed by atoms with van der Waals surface area (Å²) in [6.07, 6.45) is 4.99. The van der Waals surface area contributed by atoms with E-state index in [0.29, 0.717) is 0 Å². The maximum absolute atomic E-state index is 5.33. The predicted octanol–water partition coefficient (Wildman–Crippen LogP) is 2.06. The van der Waals surface area contributed by atoms with Gasteiger partial charge < -0.3 is 10.1 Å². The van der Waals surface area contributed by atoms with Crippen LogP contribution in [-0.2, 0) is 11.8 Å². The van der Waals surface area contributed by atoms with Crippen LogP contribution in [0.5, 0.6) is 0 Å². The Morgan fingerprint density at radius 1 is 1.30 bits per heavy atom. The maximum atomic E-state index is 5.33. The van der Waals surface area contributed by atoms with E-state index in [1.807, 2.05) is 44.9 Å². The molecule has 20 heavy (non-hydrogen) atoms. The number of ether oxygens (including phenoxy) is 1. The highest BCUT2D eigenvalue weighted by atomic mass is 16.5. The van der Waals surface area contributed by atoms with Crippen LogP contribution in [0, 0.1) is 13.8 Å². The number of rotatable bonds is 7. The second kappa shape index (κ2) is 6.56. The zero-order valence-corrected chi connectivity index (χ0v) is 12.7. The molecule has 0 aliphatic rings. The lowest BCUT2D eigenvalue weighted by Crippen LogP contribution is -2.10. The second-order valence-electron chi connectivity index (χ2n) is 4.83. The third-order valence-corrected chi connectivity index (χ3v) is 3.03. The maximum Gasteiger partial charge on any atom is 0.207 e. The summed E-state index contributed by atoms with van der Waals surface area (Å²) in [5.74, 6) is 0.857. The molecular formula is C14H23N5O. The first-order valence-electron chi connectivity index (χ1n) is 7.00. The van der Waals surface area contributed by atoms with E-state index in [9.17, 15) is 0 Å². The van der Waals surface area contributed by atoms with Gasteiger partial charge in [0.15, 0.2) is 0 Å². The molecular weight excluding hydrogens is 254 g/mol. The Balaban J connectivity index is 2.08. The third kappa shape index (κ3) is 3.39. The Hall–Kier alpha value is -1.82. The van der Waals surface area contributed by atoms with E-state index in [4.69, 9.17) is 4.74 Å². The Kier molecular flexibility index (Phi) is 4.79. The summed E-state index contributed by atoms with van der Waals surface area (Å²) in [6, 6.07) is 0. The molecule has 2 aromatic rings. The van der Waals surface area contributed by atoms with E-state index in [1.165, 1.54) is 0 Å². The van der Waals surface area contributed by atoms with E-state index in [0.717, 1.165) is 49.2 Å². The van der Waals surface area contributed by atoms with Crippen LogP contribution in [-0.4, -0.2) is 39.1 Å². The molecule has 110 valence electrons. The molecule has 2 heterocycles. The highest BCUT2D eigenvalue weighted by Crippen LogP contribution is 2.18. The van der Waals surface area contributed by atoms with Crippen LogP contribution in [0.2, 0.25) is 0 Å². The van der Waals surface area contributed by atoms with Crippen molar-refractivity contribution in [1.29, 1.82) is 0 Å². The number of aryl methyl sites for hydroxylation is 3. The average molecular weight is 277 g/mol. The van der Waals surface area contributed by atoms with Crippen molar-refractivity contribution in [3.63, 3.8) is 0 Å². The number of aromatic nitrogens is 4. The molecule has 2 rings (SSSR count). The molecule has 2 aromatic heterocycles. The fraction of sp³-hybridized carbons (Fsp3) is 0.571. The normalized spacial score (nSPS) is 11.0. The van der Waals surface area contributed by atoms with Crippen LogP contribution in [0.1, 0.15) is 24.7 Å². The Labute approximate surface area is 119 Å². The molecule has 0 radical (unpaired) electrons. The number of hydrogen-bond acceptors (Lipinski definition) is 4. The number of imidazole rings is 1. The molecule has 0 bridgehead atoms. The molecule has 0 aliphatic heterocycles. The van der Waals surface area contributed by atoms with Crippen molar-refractivity contribution in [1.82, 2.24) is 19.3 Å². The van der Waals surface area contributed by atoms with Crippen LogP contribution >= 0.6 is 0 Å². The molecule has 0 fully saturated rings. The topological polar surface area (TPSA) is 56.9 Å². The molecule has 0 aromatic carbocycles. The monoisotopic (exact) mass is 277 g/mol. The van der Waals surface area contributed by atoms with Gasteiger partial charge in [-0.05, 0) is 27.2 Å². The van der Waals surface area contributed by atoms with Gasteiger partial charge in [-0.3, -0.25) is 9.25 Å². The van der Waals surface area contributed by atoms with E-state index < -0.39 is 0 Å². The summed E-state index contributed by atoms with van der Waals surface area (Å²) < 4.78 is 9.21. The molecule has 6 heteroatoms. The molecule has 0 saturated carbocycles. The smallest absolute Gasteiger partial charge is 0.207 e. The second-order valence-corrected chi connectivity index (χ2v) is 4.83. The molecule has 0 spiro atoms. The minimum absolute atomic E-state index is 0.766. The van der Waals surface area contributed by atoms with E-state index in [2.05, 4.69) is 20.0 Å². The number of nitrogens with zero attached hydrogens (tertiary/aromatic N) is 4.